The molecular formula is C12H22N4O. The Kier molecular flexibility index (Phi) is 6.29. The molecule has 5 heteroatoms. The Morgan fingerprint density at radius 2 is 2.06 bits per heavy atom. The monoisotopic (exact) mass is 238 g/mol. The third-order valence-corrected chi connectivity index (χ3v) is 2.54. The van der Waals surface area contributed by atoms with Gasteiger partial charge in [0.1, 0.15) is 5.82 Å². The predicted molar refractivity (Wildman–Crippen MR) is 66.9 cm³/mol. The number of carbonyl (C=O) groups is 1. The second kappa shape index (κ2) is 7.81. The molecule has 1 aromatic heterocycles. The molecule has 1 rings (SSSR count). The molecule has 0 radical (unpaired) electrons. The fraction of sp³-hybridized carbons (Fsp3) is 0.750. The largest absolute Gasteiger partial charge is 0.349 e. The van der Waals surface area contributed by atoms with E-state index in [1.807, 2.05) is 0 Å². The van der Waals surface area contributed by atoms with Gasteiger partial charge in [0.2, 0.25) is 5.82 Å². The fourth-order valence-electron chi connectivity index (χ4n) is 1.58. The third kappa shape index (κ3) is 4.97. The molecule has 0 aliphatic rings. The van der Waals surface area contributed by atoms with Crippen LogP contribution in [0.25, 0.3) is 0 Å². The summed E-state index contributed by atoms with van der Waals surface area (Å²) in [5.41, 5.74) is 0. The molecule has 0 aromatic carbocycles. The first-order valence-electron chi connectivity index (χ1n) is 6.47. The van der Waals surface area contributed by atoms with Crippen molar-refractivity contribution < 1.29 is 4.79 Å². The maximum Gasteiger partial charge on any atom is 0.290 e. The lowest BCUT2D eigenvalue weighted by Crippen LogP contribution is -2.25. The van der Waals surface area contributed by atoms with Gasteiger partial charge in [-0.3, -0.25) is 9.89 Å². The van der Waals surface area contributed by atoms with Crippen LogP contribution in [0.3, 0.4) is 0 Å². The van der Waals surface area contributed by atoms with Crippen molar-refractivity contribution >= 4 is 5.91 Å². The van der Waals surface area contributed by atoms with Crippen molar-refractivity contribution in [3.8, 4) is 0 Å². The first-order valence-corrected chi connectivity index (χ1v) is 6.47. The highest BCUT2D eigenvalue weighted by Crippen LogP contribution is 1.99. The van der Waals surface area contributed by atoms with Crippen molar-refractivity contribution in [1.82, 2.24) is 20.5 Å². The lowest BCUT2D eigenvalue weighted by atomic mass is 10.2. The van der Waals surface area contributed by atoms with Gasteiger partial charge < -0.3 is 5.32 Å². The summed E-state index contributed by atoms with van der Waals surface area (Å²) in [4.78, 5) is 15.8. The number of nitrogens with zero attached hydrogens (tertiary/aromatic N) is 2. The summed E-state index contributed by atoms with van der Waals surface area (Å²) in [6, 6.07) is 0. The topological polar surface area (TPSA) is 70.7 Å². The van der Waals surface area contributed by atoms with Gasteiger partial charge in [-0.2, -0.15) is 0 Å². The van der Waals surface area contributed by atoms with Crippen molar-refractivity contribution in [3.63, 3.8) is 0 Å². The average molecular weight is 238 g/mol. The van der Waals surface area contributed by atoms with Gasteiger partial charge in [-0.15, -0.1) is 5.10 Å². The number of H-pyrrole nitrogens is 1. The van der Waals surface area contributed by atoms with E-state index in [4.69, 9.17) is 0 Å². The Morgan fingerprint density at radius 1 is 1.24 bits per heavy atom. The molecule has 0 aliphatic heterocycles. The zero-order chi connectivity index (χ0) is 12.5. The summed E-state index contributed by atoms with van der Waals surface area (Å²) >= 11 is 0. The van der Waals surface area contributed by atoms with Gasteiger partial charge in [0, 0.05) is 13.0 Å². The fourth-order valence-corrected chi connectivity index (χ4v) is 1.58. The van der Waals surface area contributed by atoms with E-state index in [0.29, 0.717) is 6.54 Å². The zero-order valence-electron chi connectivity index (χ0n) is 10.8. The number of rotatable bonds is 8. The number of nitrogens with one attached hydrogen (secondary N) is 2. The van der Waals surface area contributed by atoms with Crippen molar-refractivity contribution in [2.45, 2.75) is 52.4 Å². The molecule has 1 heterocycles. The molecule has 0 saturated heterocycles. The van der Waals surface area contributed by atoms with E-state index in [0.717, 1.165) is 31.5 Å². The molecule has 1 aromatic rings. The van der Waals surface area contributed by atoms with Crippen molar-refractivity contribution in [1.29, 1.82) is 0 Å². The summed E-state index contributed by atoms with van der Waals surface area (Å²) in [5.74, 6) is 0.854. The smallest absolute Gasteiger partial charge is 0.290 e. The highest BCUT2D eigenvalue weighted by atomic mass is 16.2. The second-order valence-corrected chi connectivity index (χ2v) is 4.17. The maximum atomic E-state index is 11.6. The molecule has 0 bridgehead atoms. The number of aromatic nitrogens is 3. The molecule has 0 fully saturated rings. The van der Waals surface area contributed by atoms with Crippen LogP contribution in [0, 0.1) is 0 Å². The van der Waals surface area contributed by atoms with Gasteiger partial charge in [-0.25, -0.2) is 4.98 Å². The van der Waals surface area contributed by atoms with Crippen LogP contribution in [0.15, 0.2) is 0 Å². The Balaban J connectivity index is 2.26. The minimum absolute atomic E-state index is 0.180. The predicted octanol–water partition coefficient (Wildman–Crippen LogP) is 2.07. The van der Waals surface area contributed by atoms with Gasteiger partial charge in [0.05, 0.1) is 0 Å². The minimum atomic E-state index is -0.180. The van der Waals surface area contributed by atoms with Crippen LogP contribution in [-0.2, 0) is 6.42 Å². The number of aromatic amines is 1. The molecule has 0 aliphatic carbocycles. The van der Waals surface area contributed by atoms with Crippen LogP contribution in [0.2, 0.25) is 0 Å². The van der Waals surface area contributed by atoms with E-state index in [1.165, 1.54) is 12.8 Å². The normalized spacial score (nSPS) is 10.5. The van der Waals surface area contributed by atoms with Crippen LogP contribution < -0.4 is 5.32 Å². The number of aryl methyl sites for hydroxylation is 1. The van der Waals surface area contributed by atoms with E-state index in [9.17, 15) is 4.79 Å². The minimum Gasteiger partial charge on any atom is -0.349 e. The molecule has 2 N–H and O–H groups in total. The molecule has 17 heavy (non-hydrogen) atoms. The summed E-state index contributed by atoms with van der Waals surface area (Å²) in [6.07, 6.45) is 6.42. The lowest BCUT2D eigenvalue weighted by Gasteiger charge is -2.01. The lowest BCUT2D eigenvalue weighted by molar-refractivity contribution is 0.0943. The summed E-state index contributed by atoms with van der Waals surface area (Å²) < 4.78 is 0. The number of carbonyl (C=O) groups excluding carboxylic acids is 1. The number of hydrogen-bond acceptors (Lipinski definition) is 3. The molecule has 0 atom stereocenters. The molecule has 1 amide bonds. The molecular weight excluding hydrogens is 216 g/mol. The summed E-state index contributed by atoms with van der Waals surface area (Å²) in [7, 11) is 0. The Hall–Kier alpha value is -1.39. The van der Waals surface area contributed by atoms with E-state index in [-0.39, 0.29) is 11.7 Å². The first-order chi connectivity index (χ1) is 8.27. The second-order valence-electron chi connectivity index (χ2n) is 4.17. The van der Waals surface area contributed by atoms with E-state index >= 15 is 0 Å². The third-order valence-electron chi connectivity index (χ3n) is 2.54. The van der Waals surface area contributed by atoms with Crippen LogP contribution >= 0.6 is 0 Å². The van der Waals surface area contributed by atoms with Gasteiger partial charge in [-0.1, -0.05) is 33.1 Å². The van der Waals surface area contributed by atoms with Gasteiger partial charge >= 0.3 is 0 Å². The Morgan fingerprint density at radius 3 is 2.76 bits per heavy atom. The van der Waals surface area contributed by atoms with Crippen LogP contribution in [0.1, 0.15) is 62.4 Å². The van der Waals surface area contributed by atoms with Crippen LogP contribution in [0.5, 0.6) is 0 Å². The Bertz CT molecular complexity index is 335. The first kappa shape index (κ1) is 13.7. The summed E-state index contributed by atoms with van der Waals surface area (Å²) in [5, 5.41) is 9.51. The SMILES string of the molecule is CCCCCCNC(=O)c1n[nH]c(CCC)n1. The number of amides is 1. The molecule has 5 nitrogen and oxygen atoms in total. The molecule has 0 spiro atoms. The standard InChI is InChI=1S/C12H22N4O/c1-3-5-6-7-9-13-12(17)11-14-10(8-4-2)15-16-11/h3-9H2,1-2H3,(H,13,17)(H,14,15,16). The van der Waals surface area contributed by atoms with E-state index in [1.54, 1.807) is 0 Å². The Labute approximate surface area is 102 Å². The van der Waals surface area contributed by atoms with E-state index < -0.39 is 0 Å². The maximum absolute atomic E-state index is 11.6. The number of unbranched alkanes of at least 4 members (excludes halogenated alkanes) is 3. The van der Waals surface area contributed by atoms with Crippen LogP contribution in [-0.4, -0.2) is 27.6 Å². The highest BCUT2D eigenvalue weighted by molar-refractivity contribution is 5.90. The van der Waals surface area contributed by atoms with Crippen molar-refractivity contribution in [2.24, 2.45) is 0 Å². The van der Waals surface area contributed by atoms with Gasteiger partial charge in [0.25, 0.3) is 5.91 Å². The summed E-state index contributed by atoms with van der Waals surface area (Å²) in [6.45, 7) is 4.94. The number of hydrogen-bond donors (Lipinski definition) is 2. The molecule has 96 valence electrons. The molecule has 0 saturated carbocycles. The van der Waals surface area contributed by atoms with Gasteiger partial charge in [-0.05, 0) is 12.8 Å². The highest BCUT2D eigenvalue weighted by Gasteiger charge is 2.10. The van der Waals surface area contributed by atoms with Crippen molar-refractivity contribution in [2.75, 3.05) is 6.54 Å². The zero-order valence-corrected chi connectivity index (χ0v) is 10.8. The van der Waals surface area contributed by atoms with Gasteiger partial charge in [0.15, 0.2) is 0 Å². The van der Waals surface area contributed by atoms with E-state index in [2.05, 4.69) is 34.3 Å². The van der Waals surface area contributed by atoms with Crippen LogP contribution in [0.4, 0.5) is 0 Å². The van der Waals surface area contributed by atoms with Crippen molar-refractivity contribution in [3.05, 3.63) is 11.6 Å². The average Bonchev–Trinajstić information content (AvgIpc) is 2.78. The molecule has 0 unspecified atom stereocenters. The quantitative estimate of drug-likeness (QED) is 0.681.